The van der Waals surface area contributed by atoms with Gasteiger partial charge in [-0.2, -0.15) is 0 Å². The fourth-order valence-electron chi connectivity index (χ4n) is 1.05. The molecule has 0 aromatic heterocycles. The zero-order chi connectivity index (χ0) is 6.78. The van der Waals surface area contributed by atoms with Crippen LogP contribution in [0.2, 0.25) is 31.9 Å². The molecule has 0 nitrogen and oxygen atoms in total. The molecule has 1 atom stereocenters. The van der Waals surface area contributed by atoms with Crippen LogP contribution in [0.4, 0.5) is 0 Å². The van der Waals surface area contributed by atoms with E-state index in [1.54, 1.807) is 0 Å². The molecule has 0 saturated heterocycles. The fourth-order valence-corrected chi connectivity index (χ4v) is 9.41. The molecule has 3 heteroatoms. The van der Waals surface area contributed by atoms with Crippen LogP contribution in [0.3, 0.4) is 0 Å². The Morgan fingerprint density at radius 1 is 1.33 bits per heavy atom. The van der Waals surface area contributed by atoms with E-state index in [4.69, 9.17) is 0 Å². The van der Waals surface area contributed by atoms with Gasteiger partial charge in [-0.3, -0.25) is 0 Å². The molecular formula is C6H17Si2Y-. The number of hydrogen-bond acceptors (Lipinski definition) is 0. The van der Waals surface area contributed by atoms with Gasteiger partial charge in [-0.15, -0.1) is 8.80 Å². The predicted molar refractivity (Wildman–Crippen MR) is 46.5 cm³/mol. The van der Waals surface area contributed by atoms with Crippen LogP contribution in [0.1, 0.15) is 0 Å². The molecule has 0 aromatic rings. The van der Waals surface area contributed by atoms with Crippen molar-refractivity contribution >= 4 is 16.9 Å². The van der Waals surface area contributed by atoms with Crippen molar-refractivity contribution in [3.05, 3.63) is 6.55 Å². The molecule has 0 N–H and O–H groups in total. The third kappa shape index (κ3) is 12.7. The average Bonchev–Trinajstić information content (AvgIpc) is 1.21. The third-order valence-electron chi connectivity index (χ3n) is 0.961. The second-order valence-electron chi connectivity index (χ2n) is 3.87. The molecule has 0 amide bonds. The van der Waals surface area contributed by atoms with Crippen molar-refractivity contribution in [3.8, 4) is 0 Å². The van der Waals surface area contributed by atoms with E-state index >= 15 is 0 Å². The van der Waals surface area contributed by atoms with Gasteiger partial charge < -0.3 is 6.55 Å². The summed E-state index contributed by atoms with van der Waals surface area (Å²) in [7, 11) is -1.20. The Hall–Kier alpha value is 1.54. The quantitative estimate of drug-likeness (QED) is 0.507. The minimum atomic E-state index is -0.721. The Labute approximate surface area is 87.3 Å². The van der Waals surface area contributed by atoms with Gasteiger partial charge in [0.15, 0.2) is 0 Å². The minimum absolute atomic E-state index is 0. The van der Waals surface area contributed by atoms with Crippen molar-refractivity contribution in [2.75, 3.05) is 0 Å². The molecule has 0 saturated carbocycles. The van der Waals surface area contributed by atoms with Gasteiger partial charge in [0.1, 0.15) is 0 Å². The third-order valence-corrected chi connectivity index (χ3v) is 8.65. The Morgan fingerprint density at radius 2 is 1.67 bits per heavy atom. The predicted octanol–water partition coefficient (Wildman–Crippen LogP) is 2.09. The molecule has 0 aliphatic heterocycles. The first-order valence-electron chi connectivity index (χ1n) is 3.25. The molecular weight excluding hydrogens is 217 g/mol. The van der Waals surface area contributed by atoms with Gasteiger partial charge in [-0.05, 0) is 0 Å². The van der Waals surface area contributed by atoms with Crippen molar-refractivity contribution < 1.29 is 32.7 Å². The molecule has 53 valence electrons. The van der Waals surface area contributed by atoms with Crippen molar-refractivity contribution in [3.63, 3.8) is 0 Å². The summed E-state index contributed by atoms with van der Waals surface area (Å²) in [6.07, 6.45) is 0. The second-order valence-corrected chi connectivity index (χ2v) is 12.8. The molecule has 9 heavy (non-hydrogen) atoms. The van der Waals surface area contributed by atoms with E-state index in [9.17, 15) is 0 Å². The number of hydrogen-bond donors (Lipinski definition) is 0. The summed E-state index contributed by atoms with van der Waals surface area (Å²) in [6.45, 7) is 13.7. The maximum absolute atomic E-state index is 4.10. The van der Waals surface area contributed by atoms with Crippen LogP contribution in [0.15, 0.2) is 0 Å². The van der Waals surface area contributed by atoms with Gasteiger partial charge in [-0.25, -0.2) is 0 Å². The zero-order valence-electron chi connectivity index (χ0n) is 7.07. The van der Waals surface area contributed by atoms with E-state index in [0.29, 0.717) is 0 Å². The molecule has 0 aliphatic rings. The van der Waals surface area contributed by atoms with Crippen LogP contribution >= 0.6 is 0 Å². The Kier molecular flexibility index (Phi) is 7.63. The first kappa shape index (κ1) is 13.2. The van der Waals surface area contributed by atoms with E-state index < -0.39 is 16.9 Å². The summed E-state index contributed by atoms with van der Waals surface area (Å²) in [5.74, 6) is 0. The molecule has 0 aromatic carbocycles. The maximum Gasteiger partial charge on any atom is 0.0390 e. The molecule has 0 aliphatic carbocycles. The van der Waals surface area contributed by atoms with Gasteiger partial charge in [0, 0.05) is 40.8 Å². The van der Waals surface area contributed by atoms with E-state index in [1.807, 2.05) is 0 Å². The molecule has 1 radical (unpaired) electrons. The summed E-state index contributed by atoms with van der Waals surface area (Å²) < 4.78 is 0. The fraction of sp³-hybridized carbons (Fsp3) is 0.833. The van der Waals surface area contributed by atoms with Gasteiger partial charge in [0.25, 0.3) is 0 Å². The van der Waals surface area contributed by atoms with E-state index in [0.717, 1.165) is 0 Å². The van der Waals surface area contributed by atoms with Gasteiger partial charge in [0.05, 0.1) is 0 Å². The summed E-state index contributed by atoms with van der Waals surface area (Å²) in [6, 6.07) is 0. The number of rotatable bonds is 2. The summed E-state index contributed by atoms with van der Waals surface area (Å²) in [4.78, 5) is 0. The van der Waals surface area contributed by atoms with Gasteiger partial charge >= 0.3 is 0 Å². The average molecular weight is 234 g/mol. The zero-order valence-corrected chi connectivity index (χ0v) is 12.1. The van der Waals surface area contributed by atoms with Gasteiger partial charge in [-0.1, -0.05) is 31.9 Å². The Morgan fingerprint density at radius 3 is 1.67 bits per heavy atom. The smallest absolute Gasteiger partial charge is 0.0390 e. The summed E-state index contributed by atoms with van der Waals surface area (Å²) in [5, 5.41) is 0. The summed E-state index contributed by atoms with van der Waals surface area (Å²) >= 11 is 0. The first-order valence-corrected chi connectivity index (χ1v) is 9.74. The van der Waals surface area contributed by atoms with Crippen LogP contribution in [0, 0.1) is 6.55 Å². The normalized spacial score (nSPS) is 14.3. The molecule has 1 unspecified atom stereocenters. The minimum Gasteiger partial charge on any atom is -0.345 e. The van der Waals surface area contributed by atoms with Gasteiger partial charge in [0.2, 0.25) is 0 Å². The van der Waals surface area contributed by atoms with Crippen molar-refractivity contribution in [1.82, 2.24) is 0 Å². The standard InChI is InChI=1S/C6H17Si2.Y/c1-7(2)6-8(3,4)5;/h7H,1,6H2,2-5H3;/q-1;. The van der Waals surface area contributed by atoms with E-state index in [2.05, 4.69) is 32.7 Å². The molecule has 0 bridgehead atoms. The maximum atomic E-state index is 4.10. The van der Waals surface area contributed by atoms with Crippen LogP contribution < -0.4 is 0 Å². The Bertz CT molecular complexity index is 65.9. The van der Waals surface area contributed by atoms with Crippen LogP contribution in [-0.4, -0.2) is 16.9 Å². The van der Waals surface area contributed by atoms with Crippen LogP contribution in [0.25, 0.3) is 0 Å². The Balaban J connectivity index is 0. The van der Waals surface area contributed by atoms with Crippen LogP contribution in [0.5, 0.6) is 0 Å². The van der Waals surface area contributed by atoms with E-state index in [-0.39, 0.29) is 32.7 Å². The van der Waals surface area contributed by atoms with Crippen molar-refractivity contribution in [2.45, 2.75) is 31.9 Å². The molecule has 0 heterocycles. The topological polar surface area (TPSA) is 0 Å². The molecule has 0 fully saturated rings. The SMILES string of the molecule is [CH2-][SiH](C)C[Si](C)(C)C.[Y]. The molecule has 0 spiro atoms. The summed E-state index contributed by atoms with van der Waals surface area (Å²) in [5.41, 5.74) is 1.49. The molecule has 0 rings (SSSR count). The van der Waals surface area contributed by atoms with Crippen molar-refractivity contribution in [2.24, 2.45) is 0 Å². The van der Waals surface area contributed by atoms with E-state index in [1.165, 1.54) is 5.67 Å². The first-order chi connectivity index (χ1) is 3.42. The monoisotopic (exact) mass is 234 g/mol. The largest absolute Gasteiger partial charge is 0.345 e. The van der Waals surface area contributed by atoms with Crippen LogP contribution in [-0.2, 0) is 32.7 Å². The van der Waals surface area contributed by atoms with Crippen molar-refractivity contribution in [1.29, 1.82) is 0 Å². The second kappa shape index (κ2) is 5.22.